The highest BCUT2D eigenvalue weighted by Crippen LogP contribution is 2.45. The molecule has 3 unspecified atom stereocenters. The van der Waals surface area contributed by atoms with E-state index in [4.69, 9.17) is 10.5 Å². The second kappa shape index (κ2) is 4.58. The van der Waals surface area contributed by atoms with E-state index in [9.17, 15) is 4.39 Å². The third-order valence-corrected chi connectivity index (χ3v) is 4.47. The number of hydrogen-bond donors (Lipinski definition) is 1. The minimum atomic E-state index is -0.327. The van der Waals surface area contributed by atoms with Crippen molar-refractivity contribution in [2.75, 3.05) is 0 Å². The highest BCUT2D eigenvalue weighted by molar-refractivity contribution is 9.10. The fraction of sp³-hybridized carbons (Fsp3) is 0.538. The summed E-state index contributed by atoms with van der Waals surface area (Å²) in [6.07, 6.45) is 1.73. The summed E-state index contributed by atoms with van der Waals surface area (Å²) in [5, 5.41) is 0. The Bertz CT molecular complexity index is 426. The number of hydrogen-bond acceptors (Lipinski definition) is 2. The third-order valence-electron chi connectivity index (χ3n) is 3.97. The number of benzene rings is 1. The van der Waals surface area contributed by atoms with Crippen molar-refractivity contribution in [1.82, 2.24) is 0 Å². The molecule has 0 saturated heterocycles. The molecule has 0 bridgehead atoms. The maximum Gasteiger partial charge on any atom is 0.165 e. The second-order valence-electron chi connectivity index (χ2n) is 4.88. The van der Waals surface area contributed by atoms with Crippen LogP contribution in [0, 0.1) is 11.2 Å². The van der Waals surface area contributed by atoms with Gasteiger partial charge in [-0.2, -0.15) is 0 Å². The summed E-state index contributed by atoms with van der Waals surface area (Å²) < 4.78 is 20.1. The van der Waals surface area contributed by atoms with Gasteiger partial charge in [0.2, 0.25) is 0 Å². The Morgan fingerprint density at radius 2 is 2.29 bits per heavy atom. The number of ether oxygens (including phenoxy) is 1. The molecule has 2 rings (SSSR count). The maximum atomic E-state index is 13.6. The number of nitrogens with two attached hydrogens (primary N) is 1. The van der Waals surface area contributed by atoms with Crippen LogP contribution in [-0.2, 0) is 0 Å². The Morgan fingerprint density at radius 3 is 2.88 bits per heavy atom. The van der Waals surface area contributed by atoms with Crippen LogP contribution in [0.25, 0.3) is 0 Å². The lowest BCUT2D eigenvalue weighted by atomic mass is 9.62. The molecule has 0 heterocycles. The molecule has 0 amide bonds. The third kappa shape index (κ3) is 2.20. The molecule has 1 saturated carbocycles. The maximum absolute atomic E-state index is 13.6. The minimum absolute atomic E-state index is 0.00583. The smallest absolute Gasteiger partial charge is 0.165 e. The van der Waals surface area contributed by atoms with Gasteiger partial charge in [0, 0.05) is 22.4 Å². The quantitative estimate of drug-likeness (QED) is 0.927. The zero-order valence-corrected chi connectivity index (χ0v) is 11.6. The molecule has 2 N–H and O–H groups in total. The fourth-order valence-electron chi connectivity index (χ4n) is 2.24. The van der Waals surface area contributed by atoms with Crippen molar-refractivity contribution in [2.24, 2.45) is 11.1 Å². The Balaban J connectivity index is 2.14. The van der Waals surface area contributed by atoms with Crippen molar-refractivity contribution >= 4 is 15.9 Å². The topological polar surface area (TPSA) is 35.2 Å². The van der Waals surface area contributed by atoms with Gasteiger partial charge in [0.25, 0.3) is 0 Å². The van der Waals surface area contributed by atoms with Crippen LogP contribution in [0.3, 0.4) is 0 Å². The van der Waals surface area contributed by atoms with E-state index in [2.05, 4.69) is 29.8 Å². The summed E-state index contributed by atoms with van der Waals surface area (Å²) in [6.45, 7) is 4.19. The molecule has 0 spiro atoms. The molecule has 0 aliphatic heterocycles. The van der Waals surface area contributed by atoms with E-state index in [1.165, 1.54) is 6.07 Å². The van der Waals surface area contributed by atoms with Gasteiger partial charge in [-0.05, 0) is 24.6 Å². The Kier molecular flexibility index (Phi) is 3.46. The number of halogens is 2. The van der Waals surface area contributed by atoms with Crippen LogP contribution in [-0.4, -0.2) is 12.1 Å². The molecule has 4 heteroatoms. The molecule has 1 aromatic rings. The van der Waals surface area contributed by atoms with Gasteiger partial charge in [-0.3, -0.25) is 0 Å². The van der Waals surface area contributed by atoms with Crippen LogP contribution in [0.15, 0.2) is 22.7 Å². The molecule has 2 nitrogen and oxygen atoms in total. The van der Waals surface area contributed by atoms with Crippen LogP contribution in [0.4, 0.5) is 4.39 Å². The monoisotopic (exact) mass is 301 g/mol. The lowest BCUT2D eigenvalue weighted by molar-refractivity contribution is -0.0577. The molecule has 94 valence electrons. The highest BCUT2D eigenvalue weighted by atomic mass is 79.9. The molecule has 0 aromatic heterocycles. The van der Waals surface area contributed by atoms with Crippen molar-refractivity contribution in [1.29, 1.82) is 0 Å². The van der Waals surface area contributed by atoms with E-state index in [0.29, 0.717) is 5.75 Å². The first-order valence-corrected chi connectivity index (χ1v) is 6.64. The van der Waals surface area contributed by atoms with E-state index in [1.54, 1.807) is 12.1 Å². The van der Waals surface area contributed by atoms with Gasteiger partial charge in [0.15, 0.2) is 11.6 Å². The molecular weight excluding hydrogens is 285 g/mol. The molecule has 1 aliphatic rings. The summed E-state index contributed by atoms with van der Waals surface area (Å²) in [5.41, 5.74) is 5.95. The van der Waals surface area contributed by atoms with Gasteiger partial charge in [-0.25, -0.2) is 4.39 Å². The molecule has 0 radical (unpaired) electrons. The van der Waals surface area contributed by atoms with Crippen molar-refractivity contribution in [3.8, 4) is 5.75 Å². The lowest BCUT2D eigenvalue weighted by Gasteiger charge is -2.51. The van der Waals surface area contributed by atoms with Crippen molar-refractivity contribution in [3.63, 3.8) is 0 Å². The average molecular weight is 302 g/mol. The summed E-state index contributed by atoms with van der Waals surface area (Å²) in [7, 11) is 0. The highest BCUT2D eigenvalue weighted by Gasteiger charge is 2.50. The Hall–Kier alpha value is -0.610. The predicted molar refractivity (Wildman–Crippen MR) is 69.5 cm³/mol. The first kappa shape index (κ1) is 12.8. The lowest BCUT2D eigenvalue weighted by Crippen LogP contribution is -2.61. The van der Waals surface area contributed by atoms with E-state index in [1.807, 2.05) is 0 Å². The number of rotatable bonds is 3. The van der Waals surface area contributed by atoms with Crippen molar-refractivity contribution in [3.05, 3.63) is 28.5 Å². The second-order valence-corrected chi connectivity index (χ2v) is 5.80. The zero-order valence-electron chi connectivity index (χ0n) is 10.0. The summed E-state index contributed by atoms with van der Waals surface area (Å²) >= 11 is 3.31. The average Bonchev–Trinajstić information content (AvgIpc) is 2.32. The summed E-state index contributed by atoms with van der Waals surface area (Å²) in [4.78, 5) is 0. The van der Waals surface area contributed by atoms with E-state index >= 15 is 0 Å². The minimum Gasteiger partial charge on any atom is -0.487 e. The Labute approximate surface area is 109 Å². The van der Waals surface area contributed by atoms with Crippen molar-refractivity contribution in [2.45, 2.75) is 38.8 Å². The van der Waals surface area contributed by atoms with E-state index in [-0.39, 0.29) is 23.4 Å². The van der Waals surface area contributed by atoms with Crippen molar-refractivity contribution < 1.29 is 9.13 Å². The van der Waals surface area contributed by atoms with Crippen LogP contribution in [0.1, 0.15) is 26.7 Å². The molecule has 3 atom stereocenters. The van der Waals surface area contributed by atoms with E-state index < -0.39 is 0 Å². The van der Waals surface area contributed by atoms with Gasteiger partial charge >= 0.3 is 0 Å². The first-order chi connectivity index (χ1) is 7.97. The molecular formula is C13H17BrFNO. The fourth-order valence-corrected chi connectivity index (χ4v) is 2.58. The largest absolute Gasteiger partial charge is 0.487 e. The van der Waals surface area contributed by atoms with Gasteiger partial charge < -0.3 is 10.5 Å². The van der Waals surface area contributed by atoms with E-state index in [0.717, 1.165) is 17.3 Å². The summed E-state index contributed by atoms with van der Waals surface area (Å²) in [6, 6.07) is 4.87. The van der Waals surface area contributed by atoms with Gasteiger partial charge in [-0.1, -0.05) is 29.8 Å². The van der Waals surface area contributed by atoms with Crippen LogP contribution in [0.5, 0.6) is 5.75 Å². The van der Waals surface area contributed by atoms with Crippen LogP contribution >= 0.6 is 15.9 Å². The van der Waals surface area contributed by atoms with Gasteiger partial charge in [0.05, 0.1) is 0 Å². The summed E-state index contributed by atoms with van der Waals surface area (Å²) in [5.74, 6) is -0.0249. The first-order valence-electron chi connectivity index (χ1n) is 5.84. The molecule has 17 heavy (non-hydrogen) atoms. The van der Waals surface area contributed by atoms with Gasteiger partial charge in [-0.15, -0.1) is 0 Å². The molecule has 1 aromatic carbocycles. The zero-order chi connectivity index (χ0) is 12.6. The molecule has 1 fully saturated rings. The molecule has 1 aliphatic carbocycles. The standard InChI is InChI=1S/C13H17BrFNO/c1-3-13(2)11(16)7-12(13)17-10-6-8(14)4-5-9(10)15/h4-6,11-12H,3,7,16H2,1-2H3. The van der Waals surface area contributed by atoms with Crippen LogP contribution < -0.4 is 10.5 Å². The SMILES string of the molecule is CCC1(C)C(N)CC1Oc1cc(Br)ccc1F. The normalized spacial score (nSPS) is 32.1. The van der Waals surface area contributed by atoms with Crippen LogP contribution in [0.2, 0.25) is 0 Å². The van der Waals surface area contributed by atoms with Gasteiger partial charge in [0.1, 0.15) is 6.10 Å². The predicted octanol–water partition coefficient (Wildman–Crippen LogP) is 3.48. The Morgan fingerprint density at radius 1 is 1.59 bits per heavy atom.